The van der Waals surface area contributed by atoms with E-state index in [0.717, 1.165) is 58.6 Å². The van der Waals surface area contributed by atoms with Gasteiger partial charge in [-0.15, -0.1) is 4.91 Å². The molecule has 0 amide bonds. The second-order valence-electron chi connectivity index (χ2n) is 7.58. The van der Waals surface area contributed by atoms with E-state index in [4.69, 9.17) is 9.47 Å². The first kappa shape index (κ1) is 16.8. The molecule has 0 saturated heterocycles. The van der Waals surface area contributed by atoms with Crippen molar-refractivity contribution in [2.24, 2.45) is 5.18 Å². The number of ether oxygens (including phenoxy) is 2. The molecule has 0 fully saturated rings. The van der Waals surface area contributed by atoms with Crippen molar-refractivity contribution < 1.29 is 9.47 Å². The molecule has 0 unspecified atom stereocenters. The molecular weight excluding hydrogens is 326 g/mol. The predicted octanol–water partition coefficient (Wildman–Crippen LogP) is 5.68. The molecular formula is C22H23NO3. The van der Waals surface area contributed by atoms with Gasteiger partial charge in [-0.05, 0) is 73.7 Å². The number of nitroso groups, excluding NO2 is 1. The lowest BCUT2D eigenvalue weighted by atomic mass is 9.90. The minimum atomic E-state index is -0.136. The van der Waals surface area contributed by atoms with Gasteiger partial charge in [0.05, 0.1) is 0 Å². The maximum atomic E-state index is 11.3. The van der Waals surface area contributed by atoms with Crippen LogP contribution in [0.4, 0.5) is 5.69 Å². The summed E-state index contributed by atoms with van der Waals surface area (Å²) in [7, 11) is 0. The summed E-state index contributed by atoms with van der Waals surface area (Å²) in [6.07, 6.45) is 4.90. The van der Waals surface area contributed by atoms with Crippen molar-refractivity contribution >= 4 is 17.3 Å². The standard InChI is InChI=1S/C22H23NO3/c1-4-14-5-7-17(19(11-14)23-24)16-12-15-6-8-20-18(21(15)25-13-16)9-10-22(2,3)26-20/h5-8,11-12H,4,9-10,13H2,1-3H3. The van der Waals surface area contributed by atoms with Crippen LogP contribution in [0.25, 0.3) is 11.6 Å². The van der Waals surface area contributed by atoms with Gasteiger partial charge in [0.2, 0.25) is 0 Å². The molecule has 0 aromatic heterocycles. The largest absolute Gasteiger partial charge is 0.488 e. The Hall–Kier alpha value is -2.62. The summed E-state index contributed by atoms with van der Waals surface area (Å²) in [6, 6.07) is 9.94. The van der Waals surface area contributed by atoms with E-state index in [1.165, 1.54) is 0 Å². The number of rotatable bonds is 3. The van der Waals surface area contributed by atoms with Gasteiger partial charge in [-0.3, -0.25) is 0 Å². The quantitative estimate of drug-likeness (QED) is 0.669. The monoisotopic (exact) mass is 349 g/mol. The first-order chi connectivity index (χ1) is 12.5. The van der Waals surface area contributed by atoms with Crippen LogP contribution in [0.2, 0.25) is 0 Å². The van der Waals surface area contributed by atoms with Crippen LogP contribution in [0.5, 0.6) is 11.5 Å². The van der Waals surface area contributed by atoms with Crippen LogP contribution in [-0.2, 0) is 12.8 Å². The normalized spacial score (nSPS) is 17.3. The van der Waals surface area contributed by atoms with Crippen molar-refractivity contribution in [1.29, 1.82) is 0 Å². The Morgan fingerprint density at radius 2 is 2.04 bits per heavy atom. The number of hydrogen-bond donors (Lipinski definition) is 0. The van der Waals surface area contributed by atoms with Gasteiger partial charge in [-0.2, -0.15) is 0 Å². The van der Waals surface area contributed by atoms with Crippen LogP contribution < -0.4 is 9.47 Å². The lowest BCUT2D eigenvalue weighted by Crippen LogP contribution is -2.33. The second kappa shape index (κ2) is 6.27. The van der Waals surface area contributed by atoms with E-state index in [-0.39, 0.29) is 5.60 Å². The zero-order chi connectivity index (χ0) is 18.3. The topological polar surface area (TPSA) is 47.9 Å². The summed E-state index contributed by atoms with van der Waals surface area (Å²) in [6.45, 7) is 6.72. The van der Waals surface area contributed by atoms with Crippen molar-refractivity contribution in [2.75, 3.05) is 6.61 Å². The average Bonchev–Trinajstić information content (AvgIpc) is 2.65. The third-order valence-electron chi connectivity index (χ3n) is 5.23. The van der Waals surface area contributed by atoms with Gasteiger partial charge in [-0.1, -0.05) is 19.1 Å². The number of fused-ring (bicyclic) bond motifs is 3. The SMILES string of the molecule is CCc1ccc(C2=Cc3ccc4c(c3OC2)CCC(C)(C)O4)c(N=O)c1. The van der Waals surface area contributed by atoms with E-state index in [1.54, 1.807) is 0 Å². The highest BCUT2D eigenvalue weighted by Gasteiger charge is 2.30. The zero-order valence-corrected chi connectivity index (χ0v) is 15.5. The fourth-order valence-electron chi connectivity index (χ4n) is 3.70. The van der Waals surface area contributed by atoms with Gasteiger partial charge in [-0.25, -0.2) is 0 Å². The molecule has 26 heavy (non-hydrogen) atoms. The van der Waals surface area contributed by atoms with Gasteiger partial charge in [0.15, 0.2) is 0 Å². The third-order valence-corrected chi connectivity index (χ3v) is 5.23. The molecule has 0 spiro atoms. The molecule has 0 atom stereocenters. The van der Waals surface area contributed by atoms with Gasteiger partial charge < -0.3 is 9.47 Å². The third kappa shape index (κ3) is 2.90. The molecule has 0 saturated carbocycles. The molecule has 4 rings (SSSR count). The number of nitrogens with zero attached hydrogens (tertiary/aromatic N) is 1. The molecule has 2 aromatic carbocycles. The molecule has 0 bridgehead atoms. The fourth-order valence-corrected chi connectivity index (χ4v) is 3.70. The van der Waals surface area contributed by atoms with E-state index in [0.29, 0.717) is 12.3 Å². The van der Waals surface area contributed by atoms with Crippen LogP contribution in [0.3, 0.4) is 0 Å². The Balaban J connectivity index is 1.74. The van der Waals surface area contributed by atoms with Crippen LogP contribution >= 0.6 is 0 Å². The Labute approximate surface area is 153 Å². The molecule has 2 heterocycles. The molecule has 2 aliphatic heterocycles. The van der Waals surface area contributed by atoms with Gasteiger partial charge in [0.25, 0.3) is 0 Å². The summed E-state index contributed by atoms with van der Waals surface area (Å²) in [4.78, 5) is 11.3. The zero-order valence-electron chi connectivity index (χ0n) is 15.5. The maximum absolute atomic E-state index is 11.3. The van der Waals surface area contributed by atoms with Gasteiger partial charge >= 0.3 is 0 Å². The van der Waals surface area contributed by atoms with Crippen LogP contribution in [0.1, 0.15) is 49.4 Å². The first-order valence-electron chi connectivity index (χ1n) is 9.15. The number of aryl methyl sites for hydroxylation is 1. The highest BCUT2D eigenvalue weighted by molar-refractivity contribution is 5.90. The van der Waals surface area contributed by atoms with E-state index >= 15 is 0 Å². The highest BCUT2D eigenvalue weighted by atomic mass is 16.5. The molecule has 2 aromatic rings. The molecule has 4 heteroatoms. The van der Waals surface area contributed by atoms with Gasteiger partial charge in [0, 0.05) is 16.7 Å². The Kier molecular flexibility index (Phi) is 4.06. The van der Waals surface area contributed by atoms with Crippen molar-refractivity contribution in [3.63, 3.8) is 0 Å². The van der Waals surface area contributed by atoms with E-state index in [9.17, 15) is 4.91 Å². The summed E-state index contributed by atoms with van der Waals surface area (Å²) in [5, 5.41) is 3.23. The smallest absolute Gasteiger partial charge is 0.133 e. The van der Waals surface area contributed by atoms with Crippen molar-refractivity contribution in [3.8, 4) is 11.5 Å². The summed E-state index contributed by atoms with van der Waals surface area (Å²) < 4.78 is 12.2. The van der Waals surface area contributed by atoms with Crippen molar-refractivity contribution in [3.05, 3.63) is 57.5 Å². The lowest BCUT2D eigenvalue weighted by molar-refractivity contribution is 0.0834. The van der Waals surface area contributed by atoms with Crippen molar-refractivity contribution in [1.82, 2.24) is 0 Å². The minimum Gasteiger partial charge on any atom is -0.488 e. The highest BCUT2D eigenvalue weighted by Crippen LogP contribution is 2.44. The summed E-state index contributed by atoms with van der Waals surface area (Å²) >= 11 is 0. The second-order valence-corrected chi connectivity index (χ2v) is 7.58. The Morgan fingerprint density at radius 3 is 2.81 bits per heavy atom. The minimum absolute atomic E-state index is 0.136. The number of benzene rings is 2. The number of hydrogen-bond acceptors (Lipinski definition) is 4. The Morgan fingerprint density at radius 1 is 1.19 bits per heavy atom. The molecule has 0 N–H and O–H groups in total. The van der Waals surface area contributed by atoms with E-state index < -0.39 is 0 Å². The summed E-state index contributed by atoms with van der Waals surface area (Å²) in [5.41, 5.74) is 5.45. The van der Waals surface area contributed by atoms with Gasteiger partial charge in [0.1, 0.15) is 29.4 Å². The van der Waals surface area contributed by atoms with E-state index in [1.807, 2.05) is 30.3 Å². The lowest BCUT2D eigenvalue weighted by Gasteiger charge is -2.34. The molecule has 0 radical (unpaired) electrons. The Bertz CT molecular complexity index is 912. The molecule has 134 valence electrons. The fraction of sp³-hybridized carbons (Fsp3) is 0.364. The van der Waals surface area contributed by atoms with Crippen LogP contribution in [-0.4, -0.2) is 12.2 Å². The summed E-state index contributed by atoms with van der Waals surface area (Å²) in [5.74, 6) is 1.83. The average molecular weight is 349 g/mol. The van der Waals surface area contributed by atoms with Crippen molar-refractivity contribution in [2.45, 2.75) is 45.6 Å². The molecule has 2 aliphatic rings. The molecule has 4 nitrogen and oxygen atoms in total. The predicted molar refractivity (Wildman–Crippen MR) is 104 cm³/mol. The first-order valence-corrected chi connectivity index (χ1v) is 9.15. The maximum Gasteiger partial charge on any atom is 0.133 e. The van der Waals surface area contributed by atoms with Crippen LogP contribution in [0, 0.1) is 4.91 Å². The van der Waals surface area contributed by atoms with E-state index in [2.05, 4.69) is 32.0 Å². The van der Waals surface area contributed by atoms with Crippen LogP contribution in [0.15, 0.2) is 35.5 Å². The molecule has 0 aliphatic carbocycles.